The molecule has 0 unspecified atom stereocenters. The number of anilines is 1. The quantitative estimate of drug-likeness (QED) is 0.472. The number of hydrogen-bond donors (Lipinski definition) is 0. The van der Waals surface area contributed by atoms with E-state index in [1.807, 2.05) is 19.1 Å². The van der Waals surface area contributed by atoms with Crippen LogP contribution in [0.2, 0.25) is 0 Å². The molecule has 1 aliphatic heterocycles. The highest BCUT2D eigenvalue weighted by Gasteiger charge is 2.38. The van der Waals surface area contributed by atoms with Gasteiger partial charge in [0.1, 0.15) is 11.3 Å². The number of rotatable bonds is 6. The van der Waals surface area contributed by atoms with Crippen molar-refractivity contribution in [2.45, 2.75) is 45.2 Å². The highest BCUT2D eigenvalue weighted by molar-refractivity contribution is 5.83. The van der Waals surface area contributed by atoms with E-state index < -0.39 is 22.4 Å². The number of carbonyl (C=O) groups is 1. The van der Waals surface area contributed by atoms with Crippen LogP contribution in [0.4, 0.5) is 24.5 Å². The van der Waals surface area contributed by atoms with Crippen molar-refractivity contribution in [3.05, 3.63) is 68.8 Å². The summed E-state index contributed by atoms with van der Waals surface area (Å²) in [6, 6.07) is 8.67. The first-order valence-corrected chi connectivity index (χ1v) is 9.85. The summed E-state index contributed by atoms with van der Waals surface area (Å²) in [6.07, 6.45) is -1.51. The van der Waals surface area contributed by atoms with Gasteiger partial charge in [0.2, 0.25) is 0 Å². The summed E-state index contributed by atoms with van der Waals surface area (Å²) in [4.78, 5) is 24.6. The number of aryl methyl sites for hydroxylation is 1. The molecule has 8 heteroatoms. The third-order valence-electron chi connectivity index (χ3n) is 5.21. The lowest BCUT2D eigenvalue weighted by Gasteiger charge is -2.29. The molecule has 0 N–H and O–H groups in total. The van der Waals surface area contributed by atoms with E-state index in [9.17, 15) is 28.1 Å². The van der Waals surface area contributed by atoms with Crippen molar-refractivity contribution in [2.75, 3.05) is 18.0 Å². The molecule has 0 saturated carbocycles. The Morgan fingerprint density at radius 1 is 1.03 bits per heavy atom. The average Bonchev–Trinajstić information content (AvgIpc) is 2.67. The predicted molar refractivity (Wildman–Crippen MR) is 108 cm³/mol. The summed E-state index contributed by atoms with van der Waals surface area (Å²) in [5.41, 5.74) is 0.674. The number of alkyl halides is 3. The largest absolute Gasteiger partial charge is 0.423 e. The maximum Gasteiger partial charge on any atom is 0.423 e. The molecular formula is C22H23F3N2O3. The molecule has 0 spiro atoms. The first-order chi connectivity index (χ1) is 14.1. The highest BCUT2D eigenvalue weighted by Crippen LogP contribution is 2.36. The van der Waals surface area contributed by atoms with Crippen LogP contribution in [0, 0.1) is 17.0 Å². The maximum absolute atomic E-state index is 13.1. The number of piperidine rings is 1. The van der Waals surface area contributed by atoms with E-state index in [-0.39, 0.29) is 24.2 Å². The van der Waals surface area contributed by atoms with Crippen LogP contribution >= 0.6 is 0 Å². The normalized spacial score (nSPS) is 14.6. The van der Waals surface area contributed by atoms with E-state index >= 15 is 0 Å². The van der Waals surface area contributed by atoms with Gasteiger partial charge in [-0.3, -0.25) is 14.9 Å². The zero-order valence-corrected chi connectivity index (χ0v) is 16.7. The Morgan fingerprint density at radius 3 is 2.33 bits per heavy atom. The van der Waals surface area contributed by atoms with E-state index in [4.69, 9.17) is 0 Å². The second kappa shape index (κ2) is 8.85. The number of nitrogens with zero attached hydrogens (tertiary/aromatic N) is 2. The van der Waals surface area contributed by atoms with E-state index in [2.05, 4.69) is 11.0 Å². The van der Waals surface area contributed by atoms with Gasteiger partial charge < -0.3 is 4.90 Å². The first-order valence-electron chi connectivity index (χ1n) is 9.85. The lowest BCUT2D eigenvalue weighted by atomic mass is 9.98. The van der Waals surface area contributed by atoms with E-state index in [0.717, 1.165) is 48.8 Å². The number of ketones is 1. The van der Waals surface area contributed by atoms with Gasteiger partial charge in [-0.2, -0.15) is 13.2 Å². The Morgan fingerprint density at radius 2 is 1.70 bits per heavy atom. The fraction of sp³-hybridized carbons (Fsp3) is 0.409. The van der Waals surface area contributed by atoms with Crippen LogP contribution in [-0.4, -0.2) is 23.8 Å². The molecule has 0 radical (unpaired) electrons. The number of nitro benzene ring substituents is 1. The van der Waals surface area contributed by atoms with Crippen LogP contribution in [0.1, 0.15) is 41.5 Å². The molecule has 2 aromatic carbocycles. The van der Waals surface area contributed by atoms with Gasteiger partial charge in [-0.25, -0.2) is 0 Å². The molecule has 2 aromatic rings. The van der Waals surface area contributed by atoms with E-state index in [1.54, 1.807) is 0 Å². The van der Waals surface area contributed by atoms with Crippen molar-refractivity contribution in [3.8, 4) is 0 Å². The van der Waals surface area contributed by atoms with Gasteiger partial charge in [-0.15, -0.1) is 0 Å². The van der Waals surface area contributed by atoms with Gasteiger partial charge in [0.15, 0.2) is 0 Å². The van der Waals surface area contributed by atoms with Gasteiger partial charge in [0.25, 0.3) is 5.69 Å². The minimum atomic E-state index is -4.86. The molecule has 30 heavy (non-hydrogen) atoms. The lowest BCUT2D eigenvalue weighted by Crippen LogP contribution is -2.29. The second-order valence-electron chi connectivity index (χ2n) is 7.72. The molecule has 0 aliphatic carbocycles. The van der Waals surface area contributed by atoms with Gasteiger partial charge >= 0.3 is 6.18 Å². The molecular weight excluding hydrogens is 397 g/mol. The first kappa shape index (κ1) is 21.8. The monoisotopic (exact) mass is 420 g/mol. The van der Waals surface area contributed by atoms with Crippen molar-refractivity contribution in [2.24, 2.45) is 0 Å². The molecule has 0 bridgehead atoms. The summed E-state index contributed by atoms with van der Waals surface area (Å²) in [7, 11) is 0. The molecule has 1 saturated heterocycles. The SMILES string of the molecule is Cc1cc(CC(=O)Cc2ccc([N+](=O)[O-])c(C(F)(F)F)c2)cc(N2CCCCC2)c1. The topological polar surface area (TPSA) is 63.4 Å². The highest BCUT2D eigenvalue weighted by atomic mass is 19.4. The summed E-state index contributed by atoms with van der Waals surface area (Å²) in [5.74, 6) is -0.243. The van der Waals surface area contributed by atoms with Crippen LogP contribution in [0.5, 0.6) is 0 Å². The average molecular weight is 420 g/mol. The Balaban J connectivity index is 1.76. The summed E-state index contributed by atoms with van der Waals surface area (Å²) < 4.78 is 39.4. The van der Waals surface area contributed by atoms with Gasteiger partial charge in [0, 0.05) is 37.7 Å². The molecule has 1 fully saturated rings. The van der Waals surface area contributed by atoms with Crippen LogP contribution in [0.3, 0.4) is 0 Å². The number of carbonyl (C=O) groups excluding carboxylic acids is 1. The molecule has 1 aliphatic rings. The zero-order chi connectivity index (χ0) is 21.9. The van der Waals surface area contributed by atoms with Gasteiger partial charge in [-0.1, -0.05) is 12.1 Å². The Labute approximate surface area is 172 Å². The second-order valence-corrected chi connectivity index (χ2v) is 7.72. The number of benzene rings is 2. The third-order valence-corrected chi connectivity index (χ3v) is 5.21. The molecule has 0 amide bonds. The Bertz CT molecular complexity index is 951. The predicted octanol–water partition coefficient (Wildman–Crippen LogP) is 5.27. The van der Waals surface area contributed by atoms with E-state index in [0.29, 0.717) is 6.07 Å². The molecule has 1 heterocycles. The van der Waals surface area contributed by atoms with Crippen LogP contribution in [-0.2, 0) is 23.8 Å². The zero-order valence-electron chi connectivity index (χ0n) is 16.7. The van der Waals surface area contributed by atoms with Crippen LogP contribution < -0.4 is 4.90 Å². The van der Waals surface area contributed by atoms with Crippen LogP contribution in [0.25, 0.3) is 0 Å². The number of halogens is 3. The minimum absolute atomic E-state index is 0.0981. The smallest absolute Gasteiger partial charge is 0.372 e. The minimum Gasteiger partial charge on any atom is -0.372 e. The summed E-state index contributed by atoms with van der Waals surface area (Å²) in [6.45, 7) is 3.90. The fourth-order valence-corrected chi connectivity index (χ4v) is 3.87. The molecule has 3 rings (SSSR count). The van der Waals surface area contributed by atoms with E-state index in [1.165, 1.54) is 12.5 Å². The van der Waals surface area contributed by atoms with Crippen molar-refractivity contribution in [1.82, 2.24) is 0 Å². The van der Waals surface area contributed by atoms with Gasteiger partial charge in [0.05, 0.1) is 4.92 Å². The summed E-state index contributed by atoms with van der Waals surface area (Å²) >= 11 is 0. The van der Waals surface area contributed by atoms with Crippen molar-refractivity contribution >= 4 is 17.2 Å². The number of Topliss-reactive ketones (excluding diaryl/α,β-unsaturated/α-hetero) is 1. The van der Waals surface area contributed by atoms with Gasteiger partial charge in [-0.05, 0) is 61.1 Å². The molecule has 0 aromatic heterocycles. The molecule has 5 nitrogen and oxygen atoms in total. The fourth-order valence-electron chi connectivity index (χ4n) is 3.87. The third kappa shape index (κ3) is 5.37. The molecule has 160 valence electrons. The standard InChI is InChI=1S/C22H23F3N2O3/c1-15-9-17(11-18(10-15)26-7-3-2-4-8-26)13-19(28)12-16-5-6-21(27(29)30)20(14-16)22(23,24)25/h5-6,9-11,14H,2-4,7-8,12-13H2,1H3. The van der Waals surface area contributed by atoms with Crippen LogP contribution in [0.15, 0.2) is 36.4 Å². The van der Waals surface area contributed by atoms with Crippen molar-refractivity contribution in [1.29, 1.82) is 0 Å². The summed E-state index contributed by atoms with van der Waals surface area (Å²) in [5, 5.41) is 10.9. The Hall–Kier alpha value is -2.90. The lowest BCUT2D eigenvalue weighted by molar-refractivity contribution is -0.388. The number of hydrogen-bond acceptors (Lipinski definition) is 4. The van der Waals surface area contributed by atoms with Crippen molar-refractivity contribution in [3.63, 3.8) is 0 Å². The van der Waals surface area contributed by atoms with Crippen molar-refractivity contribution < 1.29 is 22.9 Å². The maximum atomic E-state index is 13.1. The number of nitro groups is 1. The Kier molecular flexibility index (Phi) is 6.43. The molecule has 0 atom stereocenters.